The fraction of sp³-hybridized carbons (Fsp3) is 0.571. The number of ether oxygens (including phenoxy) is 1. The van der Waals surface area contributed by atoms with Crippen LogP contribution >= 0.6 is 11.6 Å². The molecule has 0 unspecified atom stereocenters. The Balaban J connectivity index is 2.56. The van der Waals surface area contributed by atoms with Gasteiger partial charge < -0.3 is 10.1 Å². The highest BCUT2D eigenvalue weighted by molar-refractivity contribution is 6.32. The molecular weight excluding hydrogens is 234 g/mol. The molecule has 0 fully saturated rings. The van der Waals surface area contributed by atoms with E-state index in [4.69, 9.17) is 16.3 Å². The van der Waals surface area contributed by atoms with Gasteiger partial charge in [0.1, 0.15) is 5.75 Å². The molecular formula is C14H22ClNO. The Morgan fingerprint density at radius 1 is 1.35 bits per heavy atom. The second-order valence-electron chi connectivity index (χ2n) is 4.64. The number of benzene rings is 1. The van der Waals surface area contributed by atoms with E-state index in [-0.39, 0.29) is 0 Å². The summed E-state index contributed by atoms with van der Waals surface area (Å²) < 4.78 is 5.80. The first-order valence-electron chi connectivity index (χ1n) is 6.20. The standard InChI is InChI=1S/C14H22ClNO/c1-11(2)6-5-9-17-14-12(10-16-3)7-4-8-13(14)15/h4,7-8,11,16H,5-6,9-10H2,1-3H3. The van der Waals surface area contributed by atoms with Crippen LogP contribution in [0.25, 0.3) is 0 Å². The molecule has 0 bridgehead atoms. The van der Waals surface area contributed by atoms with Gasteiger partial charge in [-0.1, -0.05) is 37.6 Å². The zero-order valence-electron chi connectivity index (χ0n) is 10.9. The number of hydrogen-bond acceptors (Lipinski definition) is 2. The van der Waals surface area contributed by atoms with Gasteiger partial charge in [-0.3, -0.25) is 0 Å². The summed E-state index contributed by atoms with van der Waals surface area (Å²) >= 11 is 6.15. The van der Waals surface area contributed by atoms with Gasteiger partial charge in [0.15, 0.2) is 0 Å². The van der Waals surface area contributed by atoms with Crippen molar-refractivity contribution in [3.05, 3.63) is 28.8 Å². The van der Waals surface area contributed by atoms with Crippen LogP contribution in [0.1, 0.15) is 32.3 Å². The minimum Gasteiger partial charge on any atom is -0.492 e. The van der Waals surface area contributed by atoms with Crippen LogP contribution in [0.2, 0.25) is 5.02 Å². The lowest BCUT2D eigenvalue weighted by Crippen LogP contribution is -2.08. The number of para-hydroxylation sites is 1. The third-order valence-electron chi connectivity index (χ3n) is 2.59. The van der Waals surface area contributed by atoms with Crippen LogP contribution < -0.4 is 10.1 Å². The topological polar surface area (TPSA) is 21.3 Å². The highest BCUT2D eigenvalue weighted by Gasteiger charge is 2.07. The molecule has 0 aliphatic heterocycles. The van der Waals surface area contributed by atoms with Gasteiger partial charge in [0, 0.05) is 12.1 Å². The maximum atomic E-state index is 6.15. The lowest BCUT2D eigenvalue weighted by atomic mass is 10.1. The molecule has 17 heavy (non-hydrogen) atoms. The Labute approximate surface area is 109 Å². The third-order valence-corrected chi connectivity index (χ3v) is 2.89. The fourth-order valence-electron chi connectivity index (χ4n) is 1.71. The van der Waals surface area contributed by atoms with Gasteiger partial charge in [0.2, 0.25) is 0 Å². The van der Waals surface area contributed by atoms with Gasteiger partial charge in [0.25, 0.3) is 0 Å². The van der Waals surface area contributed by atoms with Crippen LogP contribution in [-0.2, 0) is 6.54 Å². The largest absolute Gasteiger partial charge is 0.492 e. The molecule has 96 valence electrons. The molecule has 0 radical (unpaired) electrons. The molecule has 0 saturated carbocycles. The summed E-state index contributed by atoms with van der Waals surface area (Å²) in [5.74, 6) is 1.55. The number of halogens is 1. The number of nitrogens with one attached hydrogen (secondary N) is 1. The predicted octanol–water partition coefficient (Wildman–Crippen LogP) is 3.87. The molecule has 0 aromatic heterocycles. The van der Waals surface area contributed by atoms with E-state index in [1.807, 2.05) is 25.2 Å². The van der Waals surface area contributed by atoms with Crippen molar-refractivity contribution in [3.8, 4) is 5.75 Å². The SMILES string of the molecule is CNCc1cccc(Cl)c1OCCCC(C)C. The van der Waals surface area contributed by atoms with Crippen molar-refractivity contribution in [2.45, 2.75) is 33.2 Å². The smallest absolute Gasteiger partial charge is 0.142 e. The summed E-state index contributed by atoms with van der Waals surface area (Å²) in [7, 11) is 1.92. The van der Waals surface area contributed by atoms with Gasteiger partial charge in [-0.2, -0.15) is 0 Å². The van der Waals surface area contributed by atoms with Crippen molar-refractivity contribution >= 4 is 11.6 Å². The summed E-state index contributed by atoms with van der Waals surface area (Å²) in [6.45, 7) is 5.96. The van der Waals surface area contributed by atoms with Gasteiger partial charge in [0.05, 0.1) is 11.6 Å². The highest BCUT2D eigenvalue weighted by atomic mass is 35.5. The van der Waals surface area contributed by atoms with Crippen molar-refractivity contribution in [2.24, 2.45) is 5.92 Å². The second-order valence-corrected chi connectivity index (χ2v) is 5.05. The molecule has 1 N–H and O–H groups in total. The molecule has 1 aromatic carbocycles. The van der Waals surface area contributed by atoms with Crippen molar-refractivity contribution in [3.63, 3.8) is 0 Å². The van der Waals surface area contributed by atoms with Crippen LogP contribution in [0.15, 0.2) is 18.2 Å². The van der Waals surface area contributed by atoms with E-state index < -0.39 is 0 Å². The Bertz CT molecular complexity index is 339. The second kappa shape index (κ2) is 7.57. The first-order chi connectivity index (χ1) is 8.15. The molecule has 0 amide bonds. The van der Waals surface area contributed by atoms with E-state index in [0.29, 0.717) is 5.02 Å². The Kier molecular flexibility index (Phi) is 6.38. The maximum absolute atomic E-state index is 6.15. The van der Waals surface area contributed by atoms with Crippen LogP contribution in [0.4, 0.5) is 0 Å². The zero-order valence-corrected chi connectivity index (χ0v) is 11.7. The quantitative estimate of drug-likeness (QED) is 0.747. The molecule has 0 heterocycles. The summed E-state index contributed by atoms with van der Waals surface area (Å²) in [6, 6.07) is 5.87. The van der Waals surface area contributed by atoms with Crippen molar-refractivity contribution in [2.75, 3.05) is 13.7 Å². The Hall–Kier alpha value is -0.730. The van der Waals surface area contributed by atoms with Crippen LogP contribution in [-0.4, -0.2) is 13.7 Å². The van der Waals surface area contributed by atoms with E-state index in [2.05, 4.69) is 19.2 Å². The van der Waals surface area contributed by atoms with Crippen molar-refractivity contribution in [1.29, 1.82) is 0 Å². The van der Waals surface area contributed by atoms with Crippen LogP contribution in [0, 0.1) is 5.92 Å². The summed E-state index contributed by atoms with van der Waals surface area (Å²) in [4.78, 5) is 0. The minimum absolute atomic E-state index is 0.697. The van der Waals surface area contributed by atoms with E-state index in [1.165, 1.54) is 6.42 Å². The normalized spacial score (nSPS) is 10.9. The van der Waals surface area contributed by atoms with E-state index in [9.17, 15) is 0 Å². The lowest BCUT2D eigenvalue weighted by Gasteiger charge is -2.13. The van der Waals surface area contributed by atoms with E-state index >= 15 is 0 Å². The molecule has 1 rings (SSSR count). The van der Waals surface area contributed by atoms with Gasteiger partial charge in [-0.15, -0.1) is 0 Å². The summed E-state index contributed by atoms with van der Waals surface area (Å²) in [6.07, 6.45) is 2.26. The summed E-state index contributed by atoms with van der Waals surface area (Å²) in [5, 5.41) is 3.82. The fourth-order valence-corrected chi connectivity index (χ4v) is 1.96. The van der Waals surface area contributed by atoms with Crippen molar-refractivity contribution in [1.82, 2.24) is 5.32 Å². The zero-order chi connectivity index (χ0) is 12.7. The first kappa shape index (κ1) is 14.3. The Morgan fingerprint density at radius 3 is 2.76 bits per heavy atom. The molecule has 0 aliphatic rings. The number of rotatable bonds is 7. The van der Waals surface area contributed by atoms with Gasteiger partial charge in [-0.05, 0) is 31.9 Å². The number of hydrogen-bond donors (Lipinski definition) is 1. The molecule has 0 saturated heterocycles. The summed E-state index contributed by atoms with van der Waals surface area (Å²) in [5.41, 5.74) is 1.12. The molecule has 2 nitrogen and oxygen atoms in total. The molecule has 1 aromatic rings. The maximum Gasteiger partial charge on any atom is 0.142 e. The first-order valence-corrected chi connectivity index (χ1v) is 6.57. The molecule has 0 atom stereocenters. The van der Waals surface area contributed by atoms with Gasteiger partial charge in [-0.25, -0.2) is 0 Å². The van der Waals surface area contributed by atoms with Crippen molar-refractivity contribution < 1.29 is 4.74 Å². The van der Waals surface area contributed by atoms with Crippen LogP contribution in [0.3, 0.4) is 0 Å². The Morgan fingerprint density at radius 2 is 2.12 bits per heavy atom. The lowest BCUT2D eigenvalue weighted by molar-refractivity contribution is 0.294. The van der Waals surface area contributed by atoms with Gasteiger partial charge >= 0.3 is 0 Å². The minimum atomic E-state index is 0.697. The predicted molar refractivity (Wildman–Crippen MR) is 73.8 cm³/mol. The average Bonchev–Trinajstić information content (AvgIpc) is 2.27. The average molecular weight is 256 g/mol. The monoisotopic (exact) mass is 255 g/mol. The van der Waals surface area contributed by atoms with E-state index in [1.54, 1.807) is 0 Å². The molecule has 3 heteroatoms. The third kappa shape index (κ3) is 4.97. The van der Waals surface area contributed by atoms with E-state index in [0.717, 1.165) is 36.8 Å². The van der Waals surface area contributed by atoms with Crippen LogP contribution in [0.5, 0.6) is 5.75 Å². The molecule has 0 aliphatic carbocycles. The highest BCUT2D eigenvalue weighted by Crippen LogP contribution is 2.28. The molecule has 0 spiro atoms.